The number of nitrogens with zero attached hydrogens (tertiary/aromatic N) is 2. The van der Waals surface area contributed by atoms with Gasteiger partial charge in [-0.05, 0) is 55.8 Å². The number of nitrogens with one attached hydrogen (secondary N) is 1. The van der Waals surface area contributed by atoms with Gasteiger partial charge >= 0.3 is 0 Å². The second-order valence-corrected chi connectivity index (χ2v) is 8.26. The summed E-state index contributed by atoms with van der Waals surface area (Å²) >= 11 is 0. The summed E-state index contributed by atoms with van der Waals surface area (Å²) in [7, 11) is 1.65. The maximum Gasteiger partial charge on any atom is 0.251 e. The van der Waals surface area contributed by atoms with Gasteiger partial charge in [0.05, 0.1) is 37.6 Å². The van der Waals surface area contributed by atoms with Crippen molar-refractivity contribution in [2.45, 2.75) is 26.5 Å². The minimum absolute atomic E-state index is 0.0522. The molecule has 0 spiro atoms. The highest BCUT2D eigenvalue weighted by molar-refractivity contribution is 5.94. The summed E-state index contributed by atoms with van der Waals surface area (Å²) in [5, 5.41) is 7.04. The van der Waals surface area contributed by atoms with Crippen LogP contribution in [0.5, 0.6) is 11.5 Å². The number of hydrogen-bond donors (Lipinski definition) is 1. The minimum atomic E-state index is -0.121. The number of ether oxygens (including phenoxy) is 3. The van der Waals surface area contributed by atoms with Gasteiger partial charge in [0.15, 0.2) is 0 Å². The first-order valence-electron chi connectivity index (χ1n) is 11.4. The quantitative estimate of drug-likeness (QED) is 0.516. The highest BCUT2D eigenvalue weighted by atomic mass is 16.5. The molecule has 180 valence electrons. The smallest absolute Gasteiger partial charge is 0.251 e. The number of morpholine rings is 1. The molecule has 0 aliphatic carbocycles. The summed E-state index contributed by atoms with van der Waals surface area (Å²) in [6, 6.07) is 15.2. The van der Waals surface area contributed by atoms with Crippen molar-refractivity contribution in [1.29, 1.82) is 0 Å². The molecular formula is C26H31N3O5. The molecule has 1 N–H and O–H groups in total. The van der Waals surface area contributed by atoms with Crippen molar-refractivity contribution in [3.8, 4) is 11.5 Å². The molecule has 0 saturated carbocycles. The number of carbonyl (C=O) groups is 1. The summed E-state index contributed by atoms with van der Waals surface area (Å²) < 4.78 is 21.8. The molecule has 8 heteroatoms. The molecule has 1 amide bonds. The number of benzene rings is 2. The van der Waals surface area contributed by atoms with Crippen molar-refractivity contribution in [3.63, 3.8) is 0 Å². The van der Waals surface area contributed by atoms with Crippen LogP contribution in [0, 0.1) is 13.8 Å². The Kier molecular flexibility index (Phi) is 7.82. The molecule has 34 heavy (non-hydrogen) atoms. The summed E-state index contributed by atoms with van der Waals surface area (Å²) in [5.74, 6) is 2.12. The molecule has 2 aromatic carbocycles. The van der Waals surface area contributed by atoms with Gasteiger partial charge in [-0.25, -0.2) is 0 Å². The van der Waals surface area contributed by atoms with E-state index < -0.39 is 0 Å². The molecule has 0 radical (unpaired) electrons. The maximum absolute atomic E-state index is 12.9. The topological polar surface area (TPSA) is 86.1 Å². The third-order valence-corrected chi connectivity index (χ3v) is 6.12. The van der Waals surface area contributed by atoms with E-state index in [-0.39, 0.29) is 11.9 Å². The first kappa shape index (κ1) is 23.8. The lowest BCUT2D eigenvalue weighted by atomic mass is 10.0. The van der Waals surface area contributed by atoms with Gasteiger partial charge in [0.2, 0.25) is 0 Å². The average molecular weight is 466 g/mol. The Labute approximate surface area is 199 Å². The third-order valence-electron chi connectivity index (χ3n) is 6.12. The van der Waals surface area contributed by atoms with Crippen LogP contribution in [0.15, 0.2) is 53.1 Å². The number of methoxy groups -OCH3 is 1. The fourth-order valence-corrected chi connectivity index (χ4v) is 4.03. The fraction of sp³-hybridized carbons (Fsp3) is 0.385. The van der Waals surface area contributed by atoms with Crippen LogP contribution >= 0.6 is 0 Å². The SMILES string of the molecule is COc1ccc(C(CNC(=O)c2ccc(OCc3c(C)noc3C)cc2)N2CCOCC2)cc1. The zero-order chi connectivity index (χ0) is 23.9. The van der Waals surface area contributed by atoms with Gasteiger partial charge in [0.25, 0.3) is 5.91 Å². The largest absolute Gasteiger partial charge is 0.497 e. The molecule has 1 atom stereocenters. The average Bonchev–Trinajstić information content (AvgIpc) is 3.21. The van der Waals surface area contributed by atoms with Gasteiger partial charge in [-0.2, -0.15) is 0 Å². The second-order valence-electron chi connectivity index (χ2n) is 8.26. The van der Waals surface area contributed by atoms with Crippen LogP contribution in [0.2, 0.25) is 0 Å². The fourth-order valence-electron chi connectivity index (χ4n) is 4.03. The van der Waals surface area contributed by atoms with Gasteiger partial charge in [-0.1, -0.05) is 17.3 Å². The van der Waals surface area contributed by atoms with Gasteiger partial charge in [-0.3, -0.25) is 9.69 Å². The van der Waals surface area contributed by atoms with Crippen molar-refractivity contribution in [1.82, 2.24) is 15.4 Å². The molecule has 1 aliphatic rings. The van der Waals surface area contributed by atoms with E-state index in [2.05, 4.69) is 27.5 Å². The Hall–Kier alpha value is -3.36. The Morgan fingerprint density at radius 3 is 2.35 bits per heavy atom. The molecule has 4 rings (SSSR count). The molecule has 2 heterocycles. The van der Waals surface area contributed by atoms with Gasteiger partial charge in [0.1, 0.15) is 23.9 Å². The van der Waals surface area contributed by atoms with Crippen LogP contribution in [-0.2, 0) is 11.3 Å². The van der Waals surface area contributed by atoms with E-state index >= 15 is 0 Å². The van der Waals surface area contributed by atoms with Crippen molar-refractivity contribution in [2.75, 3.05) is 40.0 Å². The van der Waals surface area contributed by atoms with Gasteiger partial charge in [-0.15, -0.1) is 0 Å². The summed E-state index contributed by atoms with van der Waals surface area (Å²) in [6.07, 6.45) is 0. The first-order valence-corrected chi connectivity index (χ1v) is 11.4. The van der Waals surface area contributed by atoms with E-state index in [1.54, 1.807) is 31.4 Å². The van der Waals surface area contributed by atoms with Crippen molar-refractivity contribution in [2.24, 2.45) is 0 Å². The van der Waals surface area contributed by atoms with Gasteiger partial charge in [0, 0.05) is 25.2 Å². The number of aromatic nitrogens is 1. The monoisotopic (exact) mass is 465 g/mol. The number of aryl methyl sites for hydroxylation is 2. The number of amides is 1. The predicted molar refractivity (Wildman–Crippen MR) is 127 cm³/mol. The normalized spacial score (nSPS) is 15.0. The molecule has 1 fully saturated rings. The Morgan fingerprint density at radius 1 is 1.06 bits per heavy atom. The van der Waals surface area contributed by atoms with Crippen molar-refractivity contribution >= 4 is 5.91 Å². The highest BCUT2D eigenvalue weighted by Crippen LogP contribution is 2.24. The van der Waals surface area contributed by atoms with E-state index in [1.807, 2.05) is 26.0 Å². The number of rotatable bonds is 9. The maximum atomic E-state index is 12.9. The number of carbonyl (C=O) groups excluding carboxylic acids is 1. The Morgan fingerprint density at radius 2 is 1.74 bits per heavy atom. The zero-order valence-electron chi connectivity index (χ0n) is 19.9. The van der Waals surface area contributed by atoms with Crippen molar-refractivity contribution in [3.05, 3.63) is 76.7 Å². The van der Waals surface area contributed by atoms with Gasteiger partial charge < -0.3 is 24.1 Å². The molecule has 3 aromatic rings. The minimum Gasteiger partial charge on any atom is -0.497 e. The van der Waals surface area contributed by atoms with Crippen LogP contribution in [0.1, 0.15) is 39.0 Å². The van der Waals surface area contributed by atoms with Crippen LogP contribution in [-0.4, -0.2) is 55.9 Å². The Bertz CT molecular complexity index is 1050. The van der Waals surface area contributed by atoms with E-state index in [9.17, 15) is 4.79 Å². The molecular weight excluding hydrogens is 434 g/mol. The van der Waals surface area contributed by atoms with E-state index in [0.717, 1.165) is 41.4 Å². The first-order chi connectivity index (χ1) is 16.5. The zero-order valence-corrected chi connectivity index (χ0v) is 19.9. The molecule has 8 nitrogen and oxygen atoms in total. The molecule has 1 unspecified atom stereocenters. The standard InChI is InChI=1S/C26H31N3O5/c1-18-24(19(2)34-28-18)17-33-23-10-6-21(7-11-23)26(30)27-16-25(29-12-14-32-15-13-29)20-4-8-22(31-3)9-5-20/h4-11,25H,12-17H2,1-3H3,(H,27,30). The van der Waals surface area contributed by atoms with E-state index in [4.69, 9.17) is 18.7 Å². The van der Waals surface area contributed by atoms with E-state index in [1.165, 1.54) is 0 Å². The molecule has 1 saturated heterocycles. The molecule has 1 aliphatic heterocycles. The van der Waals surface area contributed by atoms with Crippen LogP contribution in [0.4, 0.5) is 0 Å². The summed E-state index contributed by atoms with van der Waals surface area (Å²) in [5.41, 5.74) is 3.47. The van der Waals surface area contributed by atoms with E-state index in [0.29, 0.717) is 37.7 Å². The summed E-state index contributed by atoms with van der Waals surface area (Å²) in [6.45, 7) is 7.64. The van der Waals surface area contributed by atoms with Crippen LogP contribution < -0.4 is 14.8 Å². The third kappa shape index (κ3) is 5.76. The Balaban J connectivity index is 1.37. The molecule has 1 aromatic heterocycles. The summed E-state index contributed by atoms with van der Waals surface area (Å²) in [4.78, 5) is 15.2. The molecule has 0 bridgehead atoms. The van der Waals surface area contributed by atoms with Crippen LogP contribution in [0.25, 0.3) is 0 Å². The van der Waals surface area contributed by atoms with Crippen LogP contribution in [0.3, 0.4) is 0 Å². The van der Waals surface area contributed by atoms with Crippen molar-refractivity contribution < 1.29 is 23.5 Å². The lowest BCUT2D eigenvalue weighted by Crippen LogP contribution is -2.43. The highest BCUT2D eigenvalue weighted by Gasteiger charge is 2.23. The lowest BCUT2D eigenvalue weighted by Gasteiger charge is -2.35. The second kappa shape index (κ2) is 11.2. The number of hydrogen-bond acceptors (Lipinski definition) is 7. The predicted octanol–water partition coefficient (Wildman–Crippen LogP) is 3.68. The lowest BCUT2D eigenvalue weighted by molar-refractivity contribution is 0.0162.